The highest BCUT2D eigenvalue weighted by Crippen LogP contribution is 2.25. The van der Waals surface area contributed by atoms with Crippen LogP contribution in [0.25, 0.3) is 0 Å². The van der Waals surface area contributed by atoms with Crippen LogP contribution < -0.4 is 20.3 Å². The second kappa shape index (κ2) is 11.2. The highest BCUT2D eigenvalue weighted by Gasteiger charge is 2.28. The molecule has 35 heavy (non-hydrogen) atoms. The van der Waals surface area contributed by atoms with Gasteiger partial charge in [-0.2, -0.15) is 5.26 Å². The fourth-order valence-electron chi connectivity index (χ4n) is 4.11. The Hall–Kier alpha value is -4.29. The number of nitrogens with zero attached hydrogens (tertiary/aromatic N) is 3. The Balaban J connectivity index is 1.36. The lowest BCUT2D eigenvalue weighted by atomic mass is 10.1. The van der Waals surface area contributed by atoms with Crippen molar-refractivity contribution in [2.45, 2.75) is 6.04 Å². The Bertz CT molecular complexity index is 1180. The molecule has 1 aromatic heterocycles. The zero-order valence-corrected chi connectivity index (χ0v) is 19.4. The van der Waals surface area contributed by atoms with Crippen LogP contribution in [0.15, 0.2) is 71.3 Å². The van der Waals surface area contributed by atoms with E-state index in [1.807, 2.05) is 42.5 Å². The first-order valence-electron chi connectivity index (χ1n) is 11.3. The number of hydrogen-bond acceptors (Lipinski definition) is 7. The number of methoxy groups -OCH3 is 1. The first-order valence-corrected chi connectivity index (χ1v) is 11.3. The molecule has 1 aliphatic rings. The third-order valence-corrected chi connectivity index (χ3v) is 6.02. The summed E-state index contributed by atoms with van der Waals surface area (Å²) in [6.07, 6.45) is 1.60. The number of carbonyl (C=O) groups is 2. The average Bonchev–Trinajstić information content (AvgIpc) is 3.44. The van der Waals surface area contributed by atoms with Crippen LogP contribution in [0.1, 0.15) is 17.4 Å². The zero-order valence-electron chi connectivity index (χ0n) is 19.4. The smallest absolute Gasteiger partial charge is 0.313 e. The minimum atomic E-state index is -0.824. The SMILES string of the molecule is COc1ccc(N2CCN(C(CNC(=O)C(=O)Nc3ccccc3C#N)c3ccco3)CC2)cc1. The maximum absolute atomic E-state index is 12.5. The number of furan rings is 1. The van der Waals surface area contributed by atoms with Gasteiger partial charge in [0.05, 0.1) is 30.7 Å². The summed E-state index contributed by atoms with van der Waals surface area (Å²) < 4.78 is 10.9. The lowest BCUT2D eigenvalue weighted by Crippen LogP contribution is -2.50. The summed E-state index contributed by atoms with van der Waals surface area (Å²) in [6.45, 7) is 3.35. The summed E-state index contributed by atoms with van der Waals surface area (Å²) in [6, 6.07) is 20.0. The fourth-order valence-corrected chi connectivity index (χ4v) is 4.11. The third-order valence-electron chi connectivity index (χ3n) is 6.02. The Kier molecular flexibility index (Phi) is 7.65. The van der Waals surface area contributed by atoms with Gasteiger partial charge < -0.3 is 24.7 Å². The standard InChI is InChI=1S/C26H27N5O4/c1-34-21-10-8-20(9-11-21)30-12-14-31(15-13-30)23(24-7-4-16-35-24)18-28-25(32)26(33)29-22-6-3-2-5-19(22)17-27/h2-11,16,23H,12-15,18H2,1H3,(H,28,32)(H,29,33). The molecule has 0 saturated carbocycles. The van der Waals surface area contributed by atoms with E-state index in [-0.39, 0.29) is 18.2 Å². The minimum absolute atomic E-state index is 0.211. The number of benzene rings is 2. The average molecular weight is 474 g/mol. The number of nitriles is 1. The summed E-state index contributed by atoms with van der Waals surface area (Å²) in [4.78, 5) is 29.5. The van der Waals surface area contributed by atoms with Crippen molar-refractivity contribution in [2.24, 2.45) is 0 Å². The normalized spacial score (nSPS) is 14.6. The maximum Gasteiger partial charge on any atom is 0.313 e. The lowest BCUT2D eigenvalue weighted by molar-refractivity contribution is -0.136. The van der Waals surface area contributed by atoms with Crippen LogP contribution in [0.5, 0.6) is 5.75 Å². The number of ether oxygens (including phenoxy) is 1. The van der Waals surface area contributed by atoms with Crippen molar-refractivity contribution in [2.75, 3.05) is 50.1 Å². The van der Waals surface area contributed by atoms with Crippen molar-refractivity contribution in [3.8, 4) is 11.8 Å². The van der Waals surface area contributed by atoms with Gasteiger partial charge in [-0.1, -0.05) is 12.1 Å². The van der Waals surface area contributed by atoms with E-state index in [1.165, 1.54) is 0 Å². The van der Waals surface area contributed by atoms with E-state index in [4.69, 9.17) is 9.15 Å². The monoisotopic (exact) mass is 473 g/mol. The molecule has 3 aromatic rings. The van der Waals surface area contributed by atoms with E-state index in [0.717, 1.165) is 43.4 Å². The first-order chi connectivity index (χ1) is 17.1. The molecule has 2 aromatic carbocycles. The molecule has 9 heteroatoms. The van der Waals surface area contributed by atoms with E-state index in [1.54, 1.807) is 37.6 Å². The summed E-state index contributed by atoms with van der Waals surface area (Å²) in [5.41, 5.74) is 1.71. The van der Waals surface area contributed by atoms with Gasteiger partial charge in [0.25, 0.3) is 0 Å². The highest BCUT2D eigenvalue weighted by atomic mass is 16.5. The summed E-state index contributed by atoms with van der Waals surface area (Å²) in [7, 11) is 1.65. The van der Waals surface area contributed by atoms with E-state index in [0.29, 0.717) is 5.69 Å². The van der Waals surface area contributed by atoms with E-state index in [9.17, 15) is 14.9 Å². The second-order valence-corrected chi connectivity index (χ2v) is 8.07. The van der Waals surface area contributed by atoms with Gasteiger partial charge in [0, 0.05) is 38.4 Å². The van der Waals surface area contributed by atoms with Gasteiger partial charge in [0.2, 0.25) is 0 Å². The second-order valence-electron chi connectivity index (χ2n) is 8.07. The molecule has 1 unspecified atom stereocenters. The predicted octanol–water partition coefficient (Wildman–Crippen LogP) is 2.78. The van der Waals surface area contributed by atoms with Crippen LogP contribution >= 0.6 is 0 Å². The highest BCUT2D eigenvalue weighted by molar-refractivity contribution is 6.39. The predicted molar refractivity (Wildman–Crippen MR) is 131 cm³/mol. The number of carbonyl (C=O) groups excluding carboxylic acids is 2. The number of piperazine rings is 1. The van der Waals surface area contributed by atoms with E-state index < -0.39 is 11.8 Å². The number of hydrogen-bond donors (Lipinski definition) is 2. The van der Waals surface area contributed by atoms with Crippen LogP contribution in [0.3, 0.4) is 0 Å². The van der Waals surface area contributed by atoms with Crippen molar-refractivity contribution < 1.29 is 18.7 Å². The number of nitrogens with one attached hydrogen (secondary N) is 2. The van der Waals surface area contributed by atoms with Crippen molar-refractivity contribution in [3.63, 3.8) is 0 Å². The summed E-state index contributed by atoms with van der Waals surface area (Å²) in [5, 5.41) is 14.4. The maximum atomic E-state index is 12.5. The van der Waals surface area contributed by atoms with Crippen LogP contribution in [-0.4, -0.2) is 56.5 Å². The first kappa shape index (κ1) is 23.9. The number of amides is 2. The molecule has 1 fully saturated rings. The Labute approximate surface area is 203 Å². The lowest BCUT2D eigenvalue weighted by Gasteiger charge is -2.39. The molecule has 180 valence electrons. The minimum Gasteiger partial charge on any atom is -0.497 e. The molecule has 0 aliphatic carbocycles. The molecular weight excluding hydrogens is 446 g/mol. The van der Waals surface area contributed by atoms with Crippen molar-refractivity contribution in [3.05, 3.63) is 78.3 Å². The van der Waals surface area contributed by atoms with Crippen LogP contribution in [0.4, 0.5) is 11.4 Å². The number of anilines is 2. The molecule has 0 spiro atoms. The van der Waals surface area contributed by atoms with Gasteiger partial charge >= 0.3 is 11.8 Å². The molecule has 1 saturated heterocycles. The molecule has 4 rings (SSSR count). The van der Waals surface area contributed by atoms with Crippen LogP contribution in [-0.2, 0) is 9.59 Å². The van der Waals surface area contributed by atoms with Crippen molar-refractivity contribution in [1.82, 2.24) is 10.2 Å². The summed E-state index contributed by atoms with van der Waals surface area (Å²) in [5.74, 6) is -0.0546. The van der Waals surface area contributed by atoms with Gasteiger partial charge in [0.1, 0.15) is 17.6 Å². The Morgan fingerprint density at radius 3 is 2.43 bits per heavy atom. The molecule has 9 nitrogen and oxygen atoms in total. The fraction of sp³-hybridized carbons (Fsp3) is 0.269. The van der Waals surface area contributed by atoms with Crippen LogP contribution in [0.2, 0.25) is 0 Å². The van der Waals surface area contributed by atoms with Gasteiger partial charge in [-0.25, -0.2) is 0 Å². The third kappa shape index (κ3) is 5.80. The van der Waals surface area contributed by atoms with Gasteiger partial charge in [0.15, 0.2) is 0 Å². The molecule has 2 amide bonds. The largest absolute Gasteiger partial charge is 0.497 e. The molecule has 2 heterocycles. The summed E-state index contributed by atoms with van der Waals surface area (Å²) >= 11 is 0. The quantitative estimate of drug-likeness (QED) is 0.508. The van der Waals surface area contributed by atoms with E-state index in [2.05, 4.69) is 20.4 Å². The van der Waals surface area contributed by atoms with Gasteiger partial charge in [-0.15, -0.1) is 0 Å². The topological polar surface area (TPSA) is 111 Å². The van der Waals surface area contributed by atoms with Gasteiger partial charge in [-0.3, -0.25) is 14.5 Å². The molecular formula is C26H27N5O4. The van der Waals surface area contributed by atoms with Crippen LogP contribution in [0, 0.1) is 11.3 Å². The zero-order chi connectivity index (χ0) is 24.6. The van der Waals surface area contributed by atoms with Gasteiger partial charge in [-0.05, 0) is 48.5 Å². The number of para-hydroxylation sites is 1. The molecule has 2 N–H and O–H groups in total. The Morgan fingerprint density at radius 1 is 1.03 bits per heavy atom. The molecule has 0 radical (unpaired) electrons. The molecule has 1 aliphatic heterocycles. The molecule has 0 bridgehead atoms. The molecule has 1 atom stereocenters. The van der Waals surface area contributed by atoms with E-state index >= 15 is 0 Å². The van der Waals surface area contributed by atoms with Crippen molar-refractivity contribution in [1.29, 1.82) is 5.26 Å². The number of rotatable bonds is 7. The van der Waals surface area contributed by atoms with Crippen molar-refractivity contribution >= 4 is 23.2 Å². The Morgan fingerprint density at radius 2 is 1.77 bits per heavy atom.